The molecule has 0 saturated carbocycles. The van der Waals surface area contributed by atoms with Crippen LogP contribution in [0, 0.1) is 0 Å². The maximum Gasteiger partial charge on any atom is 0.0892 e. The third kappa shape index (κ3) is 3.35. The van der Waals surface area contributed by atoms with E-state index in [4.69, 9.17) is 5.73 Å². The lowest BCUT2D eigenvalue weighted by Crippen LogP contribution is -2.30. The molecule has 0 aliphatic heterocycles. The van der Waals surface area contributed by atoms with Crippen LogP contribution in [0.3, 0.4) is 0 Å². The van der Waals surface area contributed by atoms with Crippen molar-refractivity contribution < 1.29 is 0 Å². The van der Waals surface area contributed by atoms with Gasteiger partial charge in [0.15, 0.2) is 0 Å². The second kappa shape index (κ2) is 6.72. The van der Waals surface area contributed by atoms with Crippen molar-refractivity contribution >= 4 is 16.3 Å². The van der Waals surface area contributed by atoms with Gasteiger partial charge in [-0.2, -0.15) is 5.10 Å². The molecular weight excluding hydrogens is 294 g/mol. The monoisotopic (exact) mass is 313 g/mol. The fourth-order valence-corrected chi connectivity index (χ4v) is 3.27. The minimum absolute atomic E-state index is 0.197. The molecule has 6 heteroatoms. The molecule has 0 bridgehead atoms. The Hall–Kier alpha value is -2.18. The summed E-state index contributed by atoms with van der Waals surface area (Å²) >= 11 is 1.69. The van der Waals surface area contributed by atoms with E-state index in [0.29, 0.717) is 6.54 Å². The molecule has 0 amide bonds. The van der Waals surface area contributed by atoms with Crippen LogP contribution in [0.5, 0.6) is 0 Å². The number of anilines is 1. The number of nitrogens with zero attached hydrogens (tertiary/aromatic N) is 3. The highest BCUT2D eigenvalue weighted by molar-refractivity contribution is 7.14. The number of nitrogens with one attached hydrogen (secondary N) is 1. The number of hydrogen-bond donors (Lipinski definition) is 2. The van der Waals surface area contributed by atoms with Crippen LogP contribution in [0.4, 0.5) is 5.00 Å². The van der Waals surface area contributed by atoms with Gasteiger partial charge in [0, 0.05) is 49.2 Å². The van der Waals surface area contributed by atoms with E-state index in [1.54, 1.807) is 17.5 Å². The van der Waals surface area contributed by atoms with Gasteiger partial charge >= 0.3 is 0 Å². The van der Waals surface area contributed by atoms with Crippen molar-refractivity contribution in [3.8, 4) is 11.3 Å². The Morgan fingerprint density at radius 1 is 1.36 bits per heavy atom. The highest BCUT2D eigenvalue weighted by Gasteiger charge is 2.11. The van der Waals surface area contributed by atoms with Crippen LogP contribution in [0.25, 0.3) is 11.3 Å². The third-order valence-electron chi connectivity index (χ3n) is 3.55. The number of aryl methyl sites for hydroxylation is 1. The molecule has 3 N–H and O–H groups in total. The summed E-state index contributed by atoms with van der Waals surface area (Å²) < 4.78 is 1.88. The Labute approximate surface area is 133 Å². The minimum Gasteiger partial charge on any atom is -0.373 e. The van der Waals surface area contributed by atoms with Crippen LogP contribution >= 0.6 is 11.3 Å². The average molecular weight is 313 g/mol. The SMILES string of the molecule is Cn1nccc1-c1csc(N[C@H](CN)Cc2cccnc2)c1. The topological polar surface area (TPSA) is 68.8 Å². The highest BCUT2D eigenvalue weighted by atomic mass is 32.1. The van der Waals surface area contributed by atoms with Crippen LogP contribution in [0.15, 0.2) is 48.2 Å². The summed E-state index contributed by atoms with van der Waals surface area (Å²) in [6.07, 6.45) is 6.35. The zero-order chi connectivity index (χ0) is 15.4. The number of pyridine rings is 1. The van der Waals surface area contributed by atoms with Gasteiger partial charge in [0.25, 0.3) is 0 Å². The molecule has 3 heterocycles. The van der Waals surface area contributed by atoms with Gasteiger partial charge in [-0.25, -0.2) is 0 Å². The fourth-order valence-electron chi connectivity index (χ4n) is 2.40. The van der Waals surface area contributed by atoms with Gasteiger partial charge in [-0.1, -0.05) is 6.07 Å². The van der Waals surface area contributed by atoms with Crippen molar-refractivity contribution in [1.82, 2.24) is 14.8 Å². The standard InChI is InChI=1S/C16H19N5S/c1-21-15(4-6-19-21)13-8-16(22-11-13)20-14(9-17)7-12-3-2-5-18-10-12/h2-6,8,10-11,14,20H,7,9,17H2,1H3/t14-/m0/s1. The van der Waals surface area contributed by atoms with Gasteiger partial charge in [-0.15, -0.1) is 11.3 Å². The summed E-state index contributed by atoms with van der Waals surface area (Å²) in [7, 11) is 1.95. The maximum atomic E-state index is 5.90. The van der Waals surface area contributed by atoms with Gasteiger partial charge in [0.05, 0.1) is 10.7 Å². The predicted molar refractivity (Wildman–Crippen MR) is 90.9 cm³/mol. The van der Waals surface area contributed by atoms with Crippen molar-refractivity contribution in [1.29, 1.82) is 0 Å². The molecule has 3 aromatic heterocycles. The largest absolute Gasteiger partial charge is 0.373 e. The Balaban J connectivity index is 1.69. The summed E-state index contributed by atoms with van der Waals surface area (Å²) in [6, 6.07) is 8.39. The summed E-state index contributed by atoms with van der Waals surface area (Å²) in [5, 5.41) is 11.0. The van der Waals surface area contributed by atoms with Crippen molar-refractivity contribution in [3.05, 3.63) is 53.8 Å². The second-order valence-corrected chi connectivity index (χ2v) is 6.09. The Bertz CT molecular complexity index is 719. The van der Waals surface area contributed by atoms with Crippen LogP contribution < -0.4 is 11.1 Å². The van der Waals surface area contributed by atoms with Crippen LogP contribution in [0.2, 0.25) is 0 Å². The molecule has 0 saturated heterocycles. The normalized spacial score (nSPS) is 12.3. The molecule has 3 aromatic rings. The first-order valence-corrected chi connectivity index (χ1v) is 8.06. The lowest BCUT2D eigenvalue weighted by atomic mass is 10.1. The van der Waals surface area contributed by atoms with Crippen molar-refractivity contribution in [2.45, 2.75) is 12.5 Å². The molecule has 0 unspecified atom stereocenters. The number of aromatic nitrogens is 3. The molecule has 1 atom stereocenters. The lowest BCUT2D eigenvalue weighted by Gasteiger charge is -2.16. The van der Waals surface area contributed by atoms with E-state index in [1.165, 1.54) is 11.1 Å². The Kier molecular flexibility index (Phi) is 4.50. The molecule has 0 aromatic carbocycles. The molecule has 0 radical (unpaired) electrons. The minimum atomic E-state index is 0.197. The molecule has 5 nitrogen and oxygen atoms in total. The van der Waals surface area contributed by atoms with Gasteiger partial charge < -0.3 is 11.1 Å². The van der Waals surface area contributed by atoms with E-state index in [0.717, 1.165) is 17.1 Å². The quantitative estimate of drug-likeness (QED) is 0.734. The van der Waals surface area contributed by atoms with Crippen LogP contribution in [0.1, 0.15) is 5.56 Å². The first-order chi connectivity index (χ1) is 10.8. The van der Waals surface area contributed by atoms with E-state index in [-0.39, 0.29) is 6.04 Å². The molecule has 22 heavy (non-hydrogen) atoms. The third-order valence-corrected chi connectivity index (χ3v) is 4.41. The zero-order valence-corrected chi connectivity index (χ0v) is 13.3. The molecule has 0 fully saturated rings. The van der Waals surface area contributed by atoms with Crippen molar-refractivity contribution in [2.24, 2.45) is 12.8 Å². The number of hydrogen-bond acceptors (Lipinski definition) is 5. The van der Waals surface area contributed by atoms with Crippen LogP contribution in [-0.4, -0.2) is 27.4 Å². The van der Waals surface area contributed by atoms with E-state index < -0.39 is 0 Å². The van der Waals surface area contributed by atoms with Gasteiger partial charge in [0.1, 0.15) is 0 Å². The zero-order valence-electron chi connectivity index (χ0n) is 12.4. The average Bonchev–Trinajstić information content (AvgIpc) is 3.16. The molecular formula is C16H19N5S. The van der Waals surface area contributed by atoms with E-state index in [9.17, 15) is 0 Å². The van der Waals surface area contributed by atoms with Gasteiger partial charge in [-0.05, 0) is 30.2 Å². The van der Waals surface area contributed by atoms with E-state index in [1.807, 2.05) is 36.3 Å². The predicted octanol–water partition coefficient (Wildman–Crippen LogP) is 2.53. The highest BCUT2D eigenvalue weighted by Crippen LogP contribution is 2.29. The Morgan fingerprint density at radius 3 is 2.95 bits per heavy atom. The smallest absolute Gasteiger partial charge is 0.0892 e. The molecule has 0 aliphatic carbocycles. The van der Waals surface area contributed by atoms with E-state index >= 15 is 0 Å². The van der Waals surface area contributed by atoms with Gasteiger partial charge in [0.2, 0.25) is 0 Å². The summed E-state index contributed by atoms with van der Waals surface area (Å²) in [5.41, 5.74) is 9.37. The number of rotatable bonds is 6. The molecule has 114 valence electrons. The van der Waals surface area contributed by atoms with Gasteiger partial charge in [-0.3, -0.25) is 9.67 Å². The fraction of sp³-hybridized carbons (Fsp3) is 0.250. The molecule has 3 rings (SSSR count). The first-order valence-electron chi connectivity index (χ1n) is 7.18. The number of thiophene rings is 1. The molecule has 0 spiro atoms. The lowest BCUT2D eigenvalue weighted by molar-refractivity contribution is 0.724. The van der Waals surface area contributed by atoms with E-state index in [2.05, 4.69) is 32.9 Å². The first kappa shape index (κ1) is 14.7. The second-order valence-electron chi connectivity index (χ2n) is 5.18. The summed E-state index contributed by atoms with van der Waals surface area (Å²) in [6.45, 7) is 0.577. The maximum absolute atomic E-state index is 5.90. The van der Waals surface area contributed by atoms with Crippen molar-refractivity contribution in [3.63, 3.8) is 0 Å². The summed E-state index contributed by atoms with van der Waals surface area (Å²) in [4.78, 5) is 4.15. The molecule has 0 aliphatic rings. The number of nitrogens with two attached hydrogens (primary N) is 1. The summed E-state index contributed by atoms with van der Waals surface area (Å²) in [5.74, 6) is 0. The Morgan fingerprint density at radius 2 is 2.27 bits per heavy atom. The van der Waals surface area contributed by atoms with Crippen LogP contribution in [-0.2, 0) is 13.5 Å². The van der Waals surface area contributed by atoms with Crippen molar-refractivity contribution in [2.75, 3.05) is 11.9 Å².